The number of hydrogen-bond acceptors (Lipinski definition) is 4. The molecule has 1 saturated carbocycles. The lowest BCUT2D eigenvalue weighted by atomic mass is 9.73. The molecule has 1 fully saturated rings. The molecule has 4 nitrogen and oxygen atoms in total. The number of rotatable bonds is 12. The van der Waals surface area contributed by atoms with Crippen LogP contribution in [0.2, 0.25) is 0 Å². The van der Waals surface area contributed by atoms with Crippen molar-refractivity contribution in [3.05, 3.63) is 0 Å². The van der Waals surface area contributed by atoms with Gasteiger partial charge in [0.05, 0.1) is 0 Å². The maximum absolute atomic E-state index is 3.59. The molecule has 0 aromatic carbocycles. The van der Waals surface area contributed by atoms with Gasteiger partial charge in [-0.05, 0) is 90.9 Å². The Hall–Kier alpha value is -0.160. The van der Waals surface area contributed by atoms with Crippen LogP contribution in [0.25, 0.3) is 0 Å². The van der Waals surface area contributed by atoms with Gasteiger partial charge in [0.15, 0.2) is 0 Å². The second-order valence-electron chi connectivity index (χ2n) is 5.42. The van der Waals surface area contributed by atoms with Crippen molar-refractivity contribution in [1.29, 1.82) is 0 Å². The van der Waals surface area contributed by atoms with Gasteiger partial charge in [0, 0.05) is 0 Å². The Morgan fingerprint density at radius 3 is 1.50 bits per heavy atom. The first kappa shape index (κ1) is 15.9. The molecule has 4 N–H and O–H groups in total. The third kappa shape index (κ3) is 6.69. The Morgan fingerprint density at radius 1 is 0.722 bits per heavy atom. The van der Waals surface area contributed by atoms with E-state index >= 15 is 0 Å². The van der Waals surface area contributed by atoms with Crippen molar-refractivity contribution in [2.45, 2.75) is 25.7 Å². The van der Waals surface area contributed by atoms with Gasteiger partial charge in [-0.2, -0.15) is 0 Å². The largest absolute Gasteiger partial charge is 0.320 e. The van der Waals surface area contributed by atoms with E-state index in [2.05, 4.69) is 21.3 Å². The second-order valence-corrected chi connectivity index (χ2v) is 5.42. The van der Waals surface area contributed by atoms with Gasteiger partial charge >= 0.3 is 0 Å². The fourth-order valence-corrected chi connectivity index (χ4v) is 2.53. The van der Waals surface area contributed by atoms with Crippen molar-refractivity contribution >= 4 is 0 Å². The van der Waals surface area contributed by atoms with Gasteiger partial charge in [-0.3, -0.25) is 0 Å². The Kier molecular flexibility index (Phi) is 9.48. The van der Waals surface area contributed by atoms with Gasteiger partial charge in [-0.15, -0.1) is 0 Å². The summed E-state index contributed by atoms with van der Waals surface area (Å²) in [5.74, 6) is 1.83. The van der Waals surface area contributed by atoms with Crippen LogP contribution >= 0.6 is 0 Å². The van der Waals surface area contributed by atoms with Crippen molar-refractivity contribution in [3.63, 3.8) is 0 Å². The van der Waals surface area contributed by atoms with Crippen LogP contribution < -0.4 is 21.3 Å². The van der Waals surface area contributed by atoms with Crippen LogP contribution in [0.5, 0.6) is 0 Å². The van der Waals surface area contributed by atoms with E-state index in [1.54, 1.807) is 0 Å². The van der Waals surface area contributed by atoms with E-state index in [9.17, 15) is 0 Å². The lowest BCUT2D eigenvalue weighted by molar-refractivity contribution is 0.167. The highest BCUT2D eigenvalue weighted by Crippen LogP contribution is 2.32. The molecule has 2 atom stereocenters. The summed E-state index contributed by atoms with van der Waals surface area (Å²) in [7, 11) is 4.03. The first-order valence-corrected chi connectivity index (χ1v) is 7.59. The topological polar surface area (TPSA) is 48.1 Å². The van der Waals surface area contributed by atoms with Crippen LogP contribution in [0, 0.1) is 11.8 Å². The molecule has 0 aromatic rings. The van der Waals surface area contributed by atoms with Gasteiger partial charge in [0.1, 0.15) is 0 Å². The summed E-state index contributed by atoms with van der Waals surface area (Å²) in [4.78, 5) is 0. The highest BCUT2D eigenvalue weighted by atomic mass is 14.9. The molecular weight excluding hydrogens is 224 g/mol. The van der Waals surface area contributed by atoms with E-state index < -0.39 is 0 Å². The average Bonchev–Trinajstić information content (AvgIpc) is 2.36. The monoisotopic (exact) mass is 256 g/mol. The highest BCUT2D eigenvalue weighted by Gasteiger charge is 2.29. The molecule has 1 rings (SSSR count). The summed E-state index contributed by atoms with van der Waals surface area (Å²) in [5.41, 5.74) is 0. The molecule has 4 heteroatoms. The van der Waals surface area contributed by atoms with E-state index in [0.717, 1.165) is 38.0 Å². The molecule has 0 spiro atoms. The minimum atomic E-state index is 0.913. The van der Waals surface area contributed by atoms with E-state index in [-0.39, 0.29) is 0 Å². The minimum Gasteiger partial charge on any atom is -0.320 e. The van der Waals surface area contributed by atoms with Crippen molar-refractivity contribution in [2.24, 2.45) is 11.8 Å². The zero-order chi connectivity index (χ0) is 13.1. The Bertz CT molecular complexity index is 167. The van der Waals surface area contributed by atoms with Crippen LogP contribution in [-0.4, -0.2) is 53.4 Å². The van der Waals surface area contributed by atoms with Crippen LogP contribution in [0.15, 0.2) is 0 Å². The number of hydrogen-bond donors (Lipinski definition) is 4. The molecule has 108 valence electrons. The molecule has 0 radical (unpaired) electrons. The predicted molar refractivity (Wildman–Crippen MR) is 79.0 cm³/mol. The van der Waals surface area contributed by atoms with Gasteiger partial charge in [0.25, 0.3) is 0 Å². The van der Waals surface area contributed by atoms with Crippen molar-refractivity contribution in [2.75, 3.05) is 53.4 Å². The molecule has 0 aliphatic heterocycles. The average molecular weight is 256 g/mol. The summed E-state index contributed by atoms with van der Waals surface area (Å²) < 4.78 is 0. The quantitative estimate of drug-likeness (QED) is 0.382. The van der Waals surface area contributed by atoms with Crippen molar-refractivity contribution in [1.82, 2.24) is 21.3 Å². The zero-order valence-corrected chi connectivity index (χ0v) is 12.2. The lowest BCUT2D eigenvalue weighted by Gasteiger charge is -2.37. The van der Waals surface area contributed by atoms with E-state index in [1.807, 2.05) is 14.1 Å². The fraction of sp³-hybridized carbons (Fsp3) is 1.00. The first-order valence-electron chi connectivity index (χ1n) is 7.59. The second kappa shape index (κ2) is 10.7. The van der Waals surface area contributed by atoms with Gasteiger partial charge in [-0.1, -0.05) is 0 Å². The molecule has 2 unspecified atom stereocenters. The molecule has 0 amide bonds. The highest BCUT2D eigenvalue weighted by molar-refractivity contribution is 4.83. The van der Waals surface area contributed by atoms with Crippen LogP contribution in [-0.2, 0) is 0 Å². The molecular formula is C14H32N4. The third-order valence-corrected chi connectivity index (χ3v) is 3.95. The summed E-state index contributed by atoms with van der Waals surface area (Å²) in [6, 6.07) is 0. The smallest absolute Gasteiger partial charge is 0.00174 e. The summed E-state index contributed by atoms with van der Waals surface area (Å²) in [6.07, 6.45) is 5.30. The lowest BCUT2D eigenvalue weighted by Crippen LogP contribution is -2.41. The molecule has 0 aromatic heterocycles. The SMILES string of the molecule is CNCCCNCC1CCC1CNCCCNC. The fourth-order valence-electron chi connectivity index (χ4n) is 2.53. The Morgan fingerprint density at radius 2 is 1.17 bits per heavy atom. The maximum Gasteiger partial charge on any atom is -0.00174 e. The van der Waals surface area contributed by atoms with E-state index in [1.165, 1.54) is 38.8 Å². The summed E-state index contributed by atoms with van der Waals surface area (Å²) in [5, 5.41) is 13.5. The minimum absolute atomic E-state index is 0.913. The third-order valence-electron chi connectivity index (χ3n) is 3.95. The maximum atomic E-state index is 3.59. The van der Waals surface area contributed by atoms with Crippen LogP contribution in [0.4, 0.5) is 0 Å². The van der Waals surface area contributed by atoms with Crippen molar-refractivity contribution in [3.8, 4) is 0 Å². The normalized spacial score (nSPS) is 23.0. The molecule has 0 heterocycles. The predicted octanol–water partition coefficient (Wildman–Crippen LogP) is 0.411. The zero-order valence-electron chi connectivity index (χ0n) is 12.2. The summed E-state index contributed by atoms with van der Waals surface area (Å²) in [6.45, 7) is 6.97. The molecule has 0 saturated heterocycles. The van der Waals surface area contributed by atoms with Crippen LogP contribution in [0.1, 0.15) is 25.7 Å². The molecule has 1 aliphatic rings. The molecule has 18 heavy (non-hydrogen) atoms. The Labute approximate surface area is 113 Å². The molecule has 0 bridgehead atoms. The van der Waals surface area contributed by atoms with Gasteiger partial charge in [-0.25, -0.2) is 0 Å². The van der Waals surface area contributed by atoms with Gasteiger partial charge in [0.2, 0.25) is 0 Å². The molecule has 1 aliphatic carbocycles. The van der Waals surface area contributed by atoms with E-state index in [0.29, 0.717) is 0 Å². The Balaban J connectivity index is 1.89. The van der Waals surface area contributed by atoms with E-state index in [4.69, 9.17) is 0 Å². The number of nitrogens with one attached hydrogen (secondary N) is 4. The standard InChI is InChI=1S/C14H32N4/c1-15-7-3-9-17-11-13-5-6-14(13)12-18-10-4-8-16-2/h13-18H,3-12H2,1-2H3. The van der Waals surface area contributed by atoms with Crippen LogP contribution in [0.3, 0.4) is 0 Å². The van der Waals surface area contributed by atoms with Crippen molar-refractivity contribution < 1.29 is 0 Å². The first-order chi connectivity index (χ1) is 8.88. The van der Waals surface area contributed by atoms with Gasteiger partial charge < -0.3 is 21.3 Å². The summed E-state index contributed by atoms with van der Waals surface area (Å²) >= 11 is 0.